The van der Waals surface area contributed by atoms with Crippen LogP contribution in [0, 0.1) is 11.7 Å². The zero-order valence-electron chi connectivity index (χ0n) is 27.3. The van der Waals surface area contributed by atoms with Gasteiger partial charge in [0.1, 0.15) is 17.6 Å². The number of pyridine rings is 1. The van der Waals surface area contributed by atoms with Crippen molar-refractivity contribution in [1.29, 1.82) is 0 Å². The number of rotatable bonds is 10. The highest BCUT2D eigenvalue weighted by atomic mass is 19.1. The van der Waals surface area contributed by atoms with Crippen LogP contribution in [0.5, 0.6) is 0 Å². The minimum Gasteiger partial charge on any atom is -0.348 e. The lowest BCUT2D eigenvalue weighted by molar-refractivity contribution is -0.138. The van der Waals surface area contributed by atoms with Gasteiger partial charge in [-0.15, -0.1) is 0 Å². The Labute approximate surface area is 279 Å². The summed E-state index contributed by atoms with van der Waals surface area (Å²) in [5.41, 5.74) is 4.53. The number of nitrogens with zero attached hydrogens (tertiary/aromatic N) is 4. The van der Waals surface area contributed by atoms with E-state index in [1.54, 1.807) is 11.0 Å². The molecule has 5 atom stereocenters. The molecular formula is C37H40FN7O3. The predicted molar refractivity (Wildman–Crippen MR) is 184 cm³/mol. The minimum absolute atomic E-state index is 0.0189. The number of aromatic nitrogens is 1. The quantitative estimate of drug-likeness (QED) is 0.288. The predicted octanol–water partition coefficient (Wildman–Crippen LogP) is 3.70. The monoisotopic (exact) mass is 649 g/mol. The third-order valence-electron chi connectivity index (χ3n) is 9.67. The molecule has 7 rings (SSSR count). The van der Waals surface area contributed by atoms with E-state index >= 15 is 0 Å². The van der Waals surface area contributed by atoms with Crippen LogP contribution in [-0.4, -0.2) is 90.1 Å². The smallest absolute Gasteiger partial charge is 0.270 e. The van der Waals surface area contributed by atoms with Crippen molar-refractivity contribution in [2.24, 2.45) is 10.9 Å². The molecule has 2 aromatic carbocycles. The molecule has 2 saturated heterocycles. The van der Waals surface area contributed by atoms with E-state index in [0.717, 1.165) is 22.4 Å². The zero-order chi connectivity index (χ0) is 33.5. The second kappa shape index (κ2) is 13.0. The minimum atomic E-state index is -0.699. The summed E-state index contributed by atoms with van der Waals surface area (Å²) in [6, 6.07) is 13.1. The molecule has 4 aliphatic rings. The molecule has 3 unspecified atom stereocenters. The first-order valence-corrected chi connectivity index (χ1v) is 16.6. The number of likely N-dealkylation sites (tertiary alicyclic amines) is 1. The van der Waals surface area contributed by atoms with E-state index in [1.165, 1.54) is 37.1 Å². The van der Waals surface area contributed by atoms with E-state index in [9.17, 15) is 18.8 Å². The van der Waals surface area contributed by atoms with Gasteiger partial charge in [-0.2, -0.15) is 0 Å². The lowest BCUT2D eigenvalue weighted by atomic mass is 9.95. The molecule has 48 heavy (non-hydrogen) atoms. The lowest BCUT2D eigenvalue weighted by Gasteiger charge is -2.26. The largest absolute Gasteiger partial charge is 0.348 e. The third kappa shape index (κ3) is 6.93. The van der Waals surface area contributed by atoms with Crippen molar-refractivity contribution in [2.45, 2.75) is 56.4 Å². The maximum atomic E-state index is 13.9. The van der Waals surface area contributed by atoms with E-state index in [-0.39, 0.29) is 42.0 Å². The molecule has 3 aliphatic heterocycles. The van der Waals surface area contributed by atoms with Crippen LogP contribution in [0.2, 0.25) is 0 Å². The molecule has 0 radical (unpaired) electrons. The van der Waals surface area contributed by atoms with Gasteiger partial charge in [0.05, 0.1) is 29.8 Å². The van der Waals surface area contributed by atoms with Crippen molar-refractivity contribution in [3.8, 4) is 0 Å². The molecule has 0 spiro atoms. The number of fused-ring (bicyclic) bond motifs is 2. The fourth-order valence-corrected chi connectivity index (χ4v) is 6.46. The number of hydrogen-bond acceptors (Lipinski definition) is 7. The average molecular weight is 650 g/mol. The van der Waals surface area contributed by atoms with Crippen LogP contribution in [0.4, 0.5) is 4.39 Å². The summed E-state index contributed by atoms with van der Waals surface area (Å²) in [6.07, 6.45) is 11.4. The van der Waals surface area contributed by atoms with Gasteiger partial charge in [0.2, 0.25) is 11.8 Å². The summed E-state index contributed by atoms with van der Waals surface area (Å²) >= 11 is 0. The van der Waals surface area contributed by atoms with Crippen molar-refractivity contribution < 1.29 is 18.8 Å². The molecule has 1 saturated carbocycles. The molecule has 3 aromatic rings. The van der Waals surface area contributed by atoms with E-state index < -0.39 is 11.9 Å². The van der Waals surface area contributed by atoms with Crippen molar-refractivity contribution in [3.05, 3.63) is 88.9 Å². The number of carbonyl (C=O) groups is 3. The molecule has 0 bridgehead atoms. The number of benzene rings is 2. The normalized spacial score (nSPS) is 23.7. The van der Waals surface area contributed by atoms with E-state index in [0.29, 0.717) is 41.9 Å². The lowest BCUT2D eigenvalue weighted by Crippen LogP contribution is -2.49. The SMILES string of the molecule is C[C@H](NC(=O)C1C[C@@H](N(C)C)CN1C(=O)CNC(=O)c1ccc2cc(F)ccc2n1)c1cc(C2=CC3NC3C=N2)ccc1/C=C/C1CC1. The summed E-state index contributed by atoms with van der Waals surface area (Å²) in [4.78, 5) is 53.0. The van der Waals surface area contributed by atoms with Crippen molar-refractivity contribution in [1.82, 2.24) is 30.7 Å². The molecule has 11 heteroatoms. The molecule has 1 aliphatic carbocycles. The van der Waals surface area contributed by atoms with Gasteiger partial charge in [0.25, 0.3) is 5.91 Å². The number of aliphatic imine (C=N–C) groups is 1. The molecule has 1 aromatic heterocycles. The average Bonchev–Trinajstić information content (AvgIpc) is 4.01. The number of likely N-dealkylation sites (N-methyl/N-ethyl adjacent to an activating group) is 1. The van der Waals surface area contributed by atoms with Crippen LogP contribution in [0.3, 0.4) is 0 Å². The van der Waals surface area contributed by atoms with Crippen LogP contribution >= 0.6 is 0 Å². The topological polar surface area (TPSA) is 129 Å². The maximum Gasteiger partial charge on any atom is 0.270 e. The molecule has 3 N–H and O–H groups in total. The molecule has 248 valence electrons. The Morgan fingerprint density at radius 2 is 1.94 bits per heavy atom. The highest BCUT2D eigenvalue weighted by Gasteiger charge is 2.41. The summed E-state index contributed by atoms with van der Waals surface area (Å²) in [7, 11) is 3.86. The number of carbonyl (C=O) groups excluding carboxylic acids is 3. The Morgan fingerprint density at radius 3 is 2.71 bits per heavy atom. The number of amides is 3. The molecule has 10 nitrogen and oxygen atoms in total. The Hall–Kier alpha value is -4.74. The van der Waals surface area contributed by atoms with Gasteiger partial charge < -0.3 is 20.4 Å². The van der Waals surface area contributed by atoms with Crippen LogP contribution < -0.4 is 16.0 Å². The maximum absolute atomic E-state index is 13.9. The van der Waals surface area contributed by atoms with E-state index in [4.69, 9.17) is 0 Å². The summed E-state index contributed by atoms with van der Waals surface area (Å²) in [5.74, 6) is -0.898. The van der Waals surface area contributed by atoms with Gasteiger partial charge in [-0.3, -0.25) is 24.7 Å². The molecular weight excluding hydrogens is 609 g/mol. The van der Waals surface area contributed by atoms with Crippen LogP contribution in [0.25, 0.3) is 22.7 Å². The second-order valence-electron chi connectivity index (χ2n) is 13.5. The van der Waals surface area contributed by atoms with Gasteiger partial charge in [-0.25, -0.2) is 9.37 Å². The summed E-state index contributed by atoms with van der Waals surface area (Å²) < 4.78 is 13.6. The Kier molecular flexibility index (Phi) is 8.65. The van der Waals surface area contributed by atoms with Crippen LogP contribution in [0.15, 0.2) is 65.7 Å². The number of nitrogens with one attached hydrogen (secondary N) is 3. The van der Waals surface area contributed by atoms with Gasteiger partial charge in [0.15, 0.2) is 0 Å². The number of hydrogen-bond donors (Lipinski definition) is 3. The van der Waals surface area contributed by atoms with Gasteiger partial charge in [-0.05, 0) is 93.7 Å². The Bertz CT molecular complexity index is 1870. The van der Waals surface area contributed by atoms with Crippen LogP contribution in [0.1, 0.15) is 59.4 Å². The van der Waals surface area contributed by atoms with Gasteiger partial charge in [0, 0.05) is 35.8 Å². The van der Waals surface area contributed by atoms with Crippen molar-refractivity contribution in [3.63, 3.8) is 0 Å². The second-order valence-corrected chi connectivity index (χ2v) is 13.5. The highest BCUT2D eigenvalue weighted by Crippen LogP contribution is 2.33. The molecule has 3 amide bonds. The highest BCUT2D eigenvalue weighted by molar-refractivity contribution is 5.97. The number of allylic oxidation sites excluding steroid dienone is 1. The zero-order valence-corrected chi connectivity index (χ0v) is 27.3. The first kappa shape index (κ1) is 31.8. The molecule has 4 heterocycles. The van der Waals surface area contributed by atoms with Crippen molar-refractivity contribution >= 4 is 46.6 Å². The van der Waals surface area contributed by atoms with Gasteiger partial charge in [-0.1, -0.05) is 30.4 Å². The Balaban J connectivity index is 1.05. The third-order valence-corrected chi connectivity index (χ3v) is 9.67. The number of halogens is 1. The van der Waals surface area contributed by atoms with Gasteiger partial charge >= 0.3 is 0 Å². The first-order valence-electron chi connectivity index (χ1n) is 16.6. The van der Waals surface area contributed by atoms with E-state index in [1.807, 2.05) is 32.1 Å². The van der Waals surface area contributed by atoms with Crippen molar-refractivity contribution in [2.75, 3.05) is 27.2 Å². The fourth-order valence-electron chi connectivity index (χ4n) is 6.46. The first-order chi connectivity index (χ1) is 23.1. The molecule has 3 fully saturated rings. The Morgan fingerprint density at radius 1 is 1.10 bits per heavy atom. The van der Waals surface area contributed by atoms with Crippen LogP contribution in [-0.2, 0) is 9.59 Å². The fraction of sp³-hybridized carbons (Fsp3) is 0.378. The summed E-state index contributed by atoms with van der Waals surface area (Å²) in [6.45, 7) is 2.05. The van der Waals surface area contributed by atoms with E-state index in [2.05, 4.69) is 62.4 Å². The summed E-state index contributed by atoms with van der Waals surface area (Å²) in [5, 5.41) is 9.80. The standard InChI is InChI=1S/C37H40FN7O3/c1-21(28-15-25(31-17-32-33(43-32)18-39-31)9-8-23(28)7-6-22-4-5-22)41-37(48)34-16-27(44(2)3)20-45(34)35(46)19-40-36(47)30-12-10-24-14-26(38)11-13-29(24)42-30/h6-15,17-18,21-22,27,32-34,43H,4-5,16,19-20H2,1-3H3,(H,40,47)(H,41,48)/b7-6+/t21-,27+,32?,33?,34?/m0/s1.